The minimum Gasteiger partial charge on any atom is -0.850 e. The molecule has 0 radical (unpaired) electrons. The van der Waals surface area contributed by atoms with Gasteiger partial charge in [-0.3, -0.25) is 9.89 Å². The summed E-state index contributed by atoms with van der Waals surface area (Å²) in [6, 6.07) is 5.14. The molecule has 0 saturated heterocycles. The van der Waals surface area contributed by atoms with Gasteiger partial charge in [-0.1, -0.05) is 31.5 Å². The van der Waals surface area contributed by atoms with Crippen molar-refractivity contribution >= 4 is 5.69 Å². The van der Waals surface area contributed by atoms with Gasteiger partial charge in [-0.25, -0.2) is 4.68 Å². The molecule has 3 rings (SSSR count). The molecule has 1 aliphatic rings. The van der Waals surface area contributed by atoms with E-state index < -0.39 is 29.7 Å². The van der Waals surface area contributed by atoms with Crippen LogP contribution >= 0.6 is 0 Å². The predicted octanol–water partition coefficient (Wildman–Crippen LogP) is 1.71. The average Bonchev–Trinajstić information content (AvgIpc) is 2.92. The van der Waals surface area contributed by atoms with Crippen LogP contribution in [-0.2, 0) is 5.54 Å². The molecule has 6 nitrogen and oxygen atoms in total. The van der Waals surface area contributed by atoms with Gasteiger partial charge in [0.05, 0.1) is 5.54 Å². The van der Waals surface area contributed by atoms with E-state index in [1.807, 2.05) is 66.7 Å². The van der Waals surface area contributed by atoms with Gasteiger partial charge in [0.2, 0.25) is 0 Å². The van der Waals surface area contributed by atoms with Gasteiger partial charge in [-0.2, -0.15) is 0 Å². The molecule has 0 bridgehead atoms. The number of nitrogens with zero attached hydrogens (tertiary/aromatic N) is 1. The van der Waals surface area contributed by atoms with Gasteiger partial charge in [-0.05, 0) is 58.1 Å². The third-order valence-corrected chi connectivity index (χ3v) is 5.66. The molecular weight excluding hydrogens is 354 g/mol. The quantitative estimate of drug-likeness (QED) is 0.837. The Morgan fingerprint density at radius 2 is 1.75 bits per heavy atom. The van der Waals surface area contributed by atoms with Crippen molar-refractivity contribution in [3.05, 3.63) is 50.9 Å². The highest BCUT2D eigenvalue weighted by Crippen LogP contribution is 2.38. The van der Waals surface area contributed by atoms with Crippen LogP contribution in [0, 0.1) is 13.8 Å². The van der Waals surface area contributed by atoms with Gasteiger partial charge in [0, 0.05) is 23.0 Å². The number of rotatable bonds is 4. The molecule has 1 fully saturated rings. The van der Waals surface area contributed by atoms with Crippen molar-refractivity contribution in [3.8, 4) is 0 Å². The third kappa shape index (κ3) is 3.40. The van der Waals surface area contributed by atoms with Crippen molar-refractivity contribution in [2.75, 3.05) is 5.32 Å². The SMILES string of the molecule is Cc1ccc(NC2C([O-])C(c3c(C(C)C)[nH]n(C(C)(C)C)c3=O)C2[O-])c(C)c1. The summed E-state index contributed by atoms with van der Waals surface area (Å²) in [5.41, 5.74) is 3.33. The number of aryl methyl sites for hydroxylation is 2. The smallest absolute Gasteiger partial charge is 0.270 e. The summed E-state index contributed by atoms with van der Waals surface area (Å²) in [6.07, 6.45) is -2.31. The number of anilines is 1. The van der Waals surface area contributed by atoms with Crippen LogP contribution in [0.4, 0.5) is 5.69 Å². The fraction of sp³-hybridized carbons (Fsp3) is 0.591. The van der Waals surface area contributed by atoms with Crippen LogP contribution in [0.2, 0.25) is 0 Å². The van der Waals surface area contributed by atoms with Crippen LogP contribution in [0.25, 0.3) is 0 Å². The molecule has 1 heterocycles. The first-order valence-electron chi connectivity index (χ1n) is 9.94. The Bertz CT molecular complexity index is 910. The number of benzene rings is 1. The summed E-state index contributed by atoms with van der Waals surface area (Å²) < 4.78 is 1.54. The van der Waals surface area contributed by atoms with Gasteiger partial charge in [-0.15, -0.1) is 12.2 Å². The van der Waals surface area contributed by atoms with Crippen molar-refractivity contribution in [2.24, 2.45) is 0 Å². The van der Waals surface area contributed by atoms with Crippen LogP contribution in [0.3, 0.4) is 0 Å². The van der Waals surface area contributed by atoms with Crippen molar-refractivity contribution in [3.63, 3.8) is 0 Å². The molecule has 28 heavy (non-hydrogen) atoms. The zero-order chi connectivity index (χ0) is 21.0. The number of hydrogen-bond acceptors (Lipinski definition) is 4. The average molecular weight is 386 g/mol. The van der Waals surface area contributed by atoms with Gasteiger partial charge in [0.1, 0.15) is 0 Å². The molecule has 0 spiro atoms. The first-order valence-corrected chi connectivity index (χ1v) is 9.94. The molecule has 0 amide bonds. The lowest BCUT2D eigenvalue weighted by atomic mass is 9.69. The van der Waals surface area contributed by atoms with Crippen LogP contribution < -0.4 is 21.1 Å². The molecule has 2 N–H and O–H groups in total. The lowest BCUT2D eigenvalue weighted by molar-refractivity contribution is -0.530. The van der Waals surface area contributed by atoms with Gasteiger partial charge < -0.3 is 15.5 Å². The molecule has 154 valence electrons. The highest BCUT2D eigenvalue weighted by Gasteiger charge is 2.42. The third-order valence-electron chi connectivity index (χ3n) is 5.66. The summed E-state index contributed by atoms with van der Waals surface area (Å²) in [6.45, 7) is 13.7. The van der Waals surface area contributed by atoms with E-state index in [1.54, 1.807) is 4.68 Å². The minimum atomic E-state index is -1.15. The lowest BCUT2D eigenvalue weighted by Crippen LogP contribution is -2.72. The summed E-state index contributed by atoms with van der Waals surface area (Å²) in [5.74, 6) is -0.801. The molecule has 6 heteroatoms. The van der Waals surface area contributed by atoms with Gasteiger partial charge in [0.15, 0.2) is 0 Å². The zero-order valence-corrected chi connectivity index (χ0v) is 17.8. The Kier molecular flexibility index (Phi) is 5.23. The molecule has 1 aromatic carbocycles. The molecular formula is C22H31N3O3-2. The second-order valence-corrected chi connectivity index (χ2v) is 9.35. The van der Waals surface area contributed by atoms with E-state index in [4.69, 9.17) is 0 Å². The van der Waals surface area contributed by atoms with Crippen molar-refractivity contribution in [1.82, 2.24) is 9.78 Å². The van der Waals surface area contributed by atoms with E-state index in [2.05, 4.69) is 10.4 Å². The van der Waals surface area contributed by atoms with Gasteiger partial charge in [0.25, 0.3) is 5.56 Å². The Morgan fingerprint density at radius 1 is 1.14 bits per heavy atom. The fourth-order valence-corrected chi connectivity index (χ4v) is 4.02. The van der Waals surface area contributed by atoms with E-state index >= 15 is 0 Å². The fourth-order valence-electron chi connectivity index (χ4n) is 4.02. The second kappa shape index (κ2) is 7.08. The van der Waals surface area contributed by atoms with E-state index in [-0.39, 0.29) is 11.5 Å². The number of aromatic nitrogens is 2. The van der Waals surface area contributed by atoms with E-state index in [0.29, 0.717) is 11.3 Å². The zero-order valence-electron chi connectivity index (χ0n) is 17.8. The topological polar surface area (TPSA) is 95.9 Å². The summed E-state index contributed by atoms with van der Waals surface area (Å²) in [5, 5.41) is 32.3. The van der Waals surface area contributed by atoms with E-state index in [9.17, 15) is 15.0 Å². The number of nitrogens with one attached hydrogen (secondary N) is 2. The Hall–Kier alpha value is -2.05. The number of aromatic amines is 1. The molecule has 2 atom stereocenters. The number of hydrogen-bond donors (Lipinski definition) is 2. The molecule has 2 aromatic rings. The first kappa shape index (κ1) is 20.7. The largest absolute Gasteiger partial charge is 0.850 e. The minimum absolute atomic E-state index is 0.0250. The molecule has 0 aliphatic heterocycles. The molecule has 1 aromatic heterocycles. The maximum Gasteiger partial charge on any atom is 0.270 e. The van der Waals surface area contributed by atoms with Crippen LogP contribution in [0.15, 0.2) is 23.0 Å². The van der Waals surface area contributed by atoms with Crippen molar-refractivity contribution in [1.29, 1.82) is 0 Å². The number of H-pyrrole nitrogens is 1. The first-order chi connectivity index (χ1) is 12.9. The maximum absolute atomic E-state index is 13.1. The van der Waals surface area contributed by atoms with E-state index in [1.165, 1.54) is 0 Å². The normalized spacial score (nSPS) is 25.1. The van der Waals surface area contributed by atoms with Gasteiger partial charge >= 0.3 is 0 Å². The molecule has 2 unspecified atom stereocenters. The summed E-state index contributed by atoms with van der Waals surface area (Å²) in [7, 11) is 0. The van der Waals surface area contributed by atoms with Crippen molar-refractivity contribution < 1.29 is 10.2 Å². The Labute approximate surface area is 166 Å². The van der Waals surface area contributed by atoms with Crippen LogP contribution in [0.1, 0.15) is 68.8 Å². The second-order valence-electron chi connectivity index (χ2n) is 9.35. The van der Waals surface area contributed by atoms with Crippen LogP contribution in [0.5, 0.6) is 0 Å². The molecule has 1 aliphatic carbocycles. The predicted molar refractivity (Wildman–Crippen MR) is 108 cm³/mol. The summed E-state index contributed by atoms with van der Waals surface area (Å²) >= 11 is 0. The standard InChI is InChI=1S/C22H31N3O3/c1-11(2)17-15(21(28)25(24-17)22(5,6)7)16-19(26)18(20(16)27)23-14-9-8-12(3)10-13(14)4/h8-11,16,18-20,23-24H,1-7H3/q-2. The summed E-state index contributed by atoms with van der Waals surface area (Å²) in [4.78, 5) is 13.1. The highest BCUT2D eigenvalue weighted by atomic mass is 16.3. The molecule has 1 saturated carbocycles. The highest BCUT2D eigenvalue weighted by molar-refractivity contribution is 5.54. The van der Waals surface area contributed by atoms with Crippen LogP contribution in [-0.4, -0.2) is 28.0 Å². The monoisotopic (exact) mass is 385 g/mol. The van der Waals surface area contributed by atoms with E-state index in [0.717, 1.165) is 16.8 Å². The Balaban J connectivity index is 1.92. The van der Waals surface area contributed by atoms with Crippen molar-refractivity contribution in [2.45, 2.75) is 84.1 Å². The lowest BCUT2D eigenvalue weighted by Gasteiger charge is -2.61. The Morgan fingerprint density at radius 3 is 2.25 bits per heavy atom. The maximum atomic E-state index is 13.1.